The van der Waals surface area contributed by atoms with E-state index < -0.39 is 5.66 Å². The van der Waals surface area contributed by atoms with Crippen molar-refractivity contribution in [2.45, 2.75) is 31.3 Å². The average Bonchev–Trinajstić information content (AvgIpc) is 3.26. The van der Waals surface area contributed by atoms with Crippen molar-refractivity contribution >= 4 is 52.0 Å². The number of hydrogen-bond acceptors (Lipinski definition) is 4. The lowest BCUT2D eigenvalue weighted by atomic mass is 10.1. The van der Waals surface area contributed by atoms with Gasteiger partial charge in [-0.25, -0.2) is 0 Å². The predicted octanol–water partition coefficient (Wildman–Crippen LogP) is 5.54. The molecule has 0 saturated heterocycles. The summed E-state index contributed by atoms with van der Waals surface area (Å²) in [6.45, 7) is 0. The van der Waals surface area contributed by atoms with Crippen LogP contribution in [-0.4, -0.2) is 34.3 Å². The van der Waals surface area contributed by atoms with Crippen LogP contribution < -0.4 is 4.74 Å². The molecule has 0 radical (unpaired) electrons. The van der Waals surface area contributed by atoms with E-state index in [4.69, 9.17) is 45.1 Å². The van der Waals surface area contributed by atoms with Gasteiger partial charge in [0.05, 0.1) is 12.1 Å². The molecular weight excluding hydrogens is 415 g/mol. The molecule has 28 heavy (non-hydrogen) atoms. The number of thiocarbonyl (C=S) groups is 1. The molecule has 1 spiro atoms. The van der Waals surface area contributed by atoms with Crippen LogP contribution >= 0.6 is 35.4 Å². The molecule has 0 bridgehead atoms. The van der Waals surface area contributed by atoms with Crippen LogP contribution in [0.4, 0.5) is 0 Å². The van der Waals surface area contributed by atoms with Gasteiger partial charge < -0.3 is 4.74 Å². The smallest absolute Gasteiger partial charge is 0.260 e. The zero-order valence-corrected chi connectivity index (χ0v) is 17.6. The van der Waals surface area contributed by atoms with Crippen LogP contribution in [0.1, 0.15) is 41.6 Å². The van der Waals surface area contributed by atoms with Crippen LogP contribution in [0.15, 0.2) is 47.5 Å². The van der Waals surface area contributed by atoms with E-state index in [1.807, 2.05) is 0 Å². The molecule has 2 aromatic rings. The van der Waals surface area contributed by atoms with Crippen LogP contribution in [0.2, 0.25) is 10.0 Å². The van der Waals surface area contributed by atoms with Gasteiger partial charge in [-0.15, -0.1) is 0 Å². The minimum atomic E-state index is -0.633. The number of carbonyl (C=O) groups excluding carboxylic acids is 1. The maximum absolute atomic E-state index is 13.4. The Morgan fingerprint density at radius 2 is 1.82 bits per heavy atom. The highest BCUT2D eigenvalue weighted by Crippen LogP contribution is 2.43. The monoisotopic (exact) mass is 432 g/mol. The fourth-order valence-electron chi connectivity index (χ4n) is 3.88. The largest absolute Gasteiger partial charge is 0.497 e. The molecule has 4 rings (SSSR count). The summed E-state index contributed by atoms with van der Waals surface area (Å²) in [5.41, 5.74) is 1.20. The SMILES string of the molecule is COc1ccc(C(=O)N2C(=S)C(c3ccc(Cl)cc3Cl)=NC23CCCC3)cc1. The third-order valence-electron chi connectivity index (χ3n) is 5.27. The second kappa shape index (κ2) is 7.47. The van der Waals surface area contributed by atoms with Crippen molar-refractivity contribution < 1.29 is 9.53 Å². The van der Waals surface area contributed by atoms with Crippen LogP contribution in [0.3, 0.4) is 0 Å². The maximum Gasteiger partial charge on any atom is 0.260 e. The van der Waals surface area contributed by atoms with Gasteiger partial charge in [-0.1, -0.05) is 35.4 Å². The standard InChI is InChI=1S/C21H18Cl2N2O2S/c1-27-15-7-4-13(5-8-15)19(26)25-20(28)18(24-21(25)10-2-3-11-21)16-9-6-14(22)12-17(16)23/h4-9,12H,2-3,10-11H2,1H3. The number of methoxy groups -OCH3 is 1. The first-order chi connectivity index (χ1) is 13.4. The van der Waals surface area contributed by atoms with E-state index in [-0.39, 0.29) is 5.91 Å². The van der Waals surface area contributed by atoms with Gasteiger partial charge in [-0.3, -0.25) is 14.7 Å². The molecule has 1 aliphatic heterocycles. The lowest BCUT2D eigenvalue weighted by Gasteiger charge is -2.32. The summed E-state index contributed by atoms with van der Waals surface area (Å²) in [6, 6.07) is 12.3. The number of aliphatic imine (C=N–C) groups is 1. The van der Waals surface area contributed by atoms with Crippen LogP contribution in [0.5, 0.6) is 5.75 Å². The summed E-state index contributed by atoms with van der Waals surface area (Å²) in [5, 5.41) is 1.01. The van der Waals surface area contributed by atoms with E-state index in [9.17, 15) is 4.79 Å². The van der Waals surface area contributed by atoms with Gasteiger partial charge in [0, 0.05) is 16.1 Å². The molecule has 7 heteroatoms. The number of hydrogen-bond donors (Lipinski definition) is 0. The molecule has 0 atom stereocenters. The Bertz CT molecular complexity index is 982. The minimum Gasteiger partial charge on any atom is -0.497 e. The molecule has 1 fully saturated rings. The number of halogens is 2. The Kier molecular flexibility index (Phi) is 5.17. The summed E-state index contributed by atoms with van der Waals surface area (Å²) in [7, 11) is 1.59. The third kappa shape index (κ3) is 3.21. The highest BCUT2D eigenvalue weighted by atomic mass is 35.5. The number of amides is 1. The molecule has 1 saturated carbocycles. The fourth-order valence-corrected chi connectivity index (χ4v) is 4.78. The van der Waals surface area contributed by atoms with E-state index in [0.717, 1.165) is 25.7 Å². The van der Waals surface area contributed by atoms with Gasteiger partial charge in [0.1, 0.15) is 22.1 Å². The highest BCUT2D eigenvalue weighted by Gasteiger charge is 2.50. The predicted molar refractivity (Wildman–Crippen MR) is 116 cm³/mol. The van der Waals surface area contributed by atoms with Crippen molar-refractivity contribution in [3.05, 3.63) is 63.6 Å². The summed E-state index contributed by atoms with van der Waals surface area (Å²) >= 11 is 18.2. The van der Waals surface area contributed by atoms with Crippen LogP contribution in [-0.2, 0) is 0 Å². The average molecular weight is 433 g/mol. The Balaban J connectivity index is 1.75. The van der Waals surface area contributed by atoms with Crippen LogP contribution in [0, 0.1) is 0 Å². The molecule has 144 valence electrons. The number of carbonyl (C=O) groups is 1. The van der Waals surface area contributed by atoms with Crippen molar-refractivity contribution in [2.24, 2.45) is 4.99 Å². The maximum atomic E-state index is 13.4. The van der Waals surface area contributed by atoms with Gasteiger partial charge in [0.2, 0.25) is 0 Å². The fraction of sp³-hybridized carbons (Fsp3) is 0.286. The lowest BCUT2D eigenvalue weighted by Crippen LogP contribution is -2.48. The van der Waals surface area contributed by atoms with Gasteiger partial charge in [0.15, 0.2) is 0 Å². The van der Waals surface area contributed by atoms with E-state index in [1.54, 1.807) is 54.5 Å². The summed E-state index contributed by atoms with van der Waals surface area (Å²) in [5.74, 6) is 0.541. The molecule has 1 amide bonds. The molecule has 1 aliphatic carbocycles. The van der Waals surface area contributed by atoms with Crippen LogP contribution in [0.25, 0.3) is 0 Å². The zero-order valence-electron chi connectivity index (χ0n) is 15.2. The first-order valence-electron chi connectivity index (χ1n) is 9.03. The normalized spacial score (nSPS) is 17.9. The molecule has 1 heterocycles. The quantitative estimate of drug-likeness (QED) is 0.597. The molecule has 0 N–H and O–H groups in total. The second-order valence-corrected chi connectivity index (χ2v) is 8.18. The van der Waals surface area contributed by atoms with Crippen molar-refractivity contribution in [2.75, 3.05) is 7.11 Å². The Morgan fingerprint density at radius 3 is 2.43 bits per heavy atom. The molecule has 2 aromatic carbocycles. The number of benzene rings is 2. The zero-order chi connectivity index (χ0) is 19.9. The topological polar surface area (TPSA) is 41.9 Å². The number of nitrogens with zero attached hydrogens (tertiary/aromatic N) is 2. The summed E-state index contributed by atoms with van der Waals surface area (Å²) < 4.78 is 5.19. The van der Waals surface area contributed by atoms with Gasteiger partial charge >= 0.3 is 0 Å². The third-order valence-corrected chi connectivity index (χ3v) is 6.20. The molecule has 0 aromatic heterocycles. The molecule has 2 aliphatic rings. The van der Waals surface area contributed by atoms with Crippen molar-refractivity contribution in [1.82, 2.24) is 4.90 Å². The van der Waals surface area contributed by atoms with Crippen molar-refractivity contribution in [3.63, 3.8) is 0 Å². The Hall–Kier alpha value is -1.95. The van der Waals surface area contributed by atoms with E-state index in [1.165, 1.54) is 0 Å². The number of ether oxygens (including phenoxy) is 1. The Labute approximate surface area is 179 Å². The van der Waals surface area contributed by atoms with E-state index >= 15 is 0 Å². The summed E-state index contributed by atoms with van der Waals surface area (Å²) in [6.07, 6.45) is 3.56. The molecule has 4 nitrogen and oxygen atoms in total. The lowest BCUT2D eigenvalue weighted by molar-refractivity contribution is 0.0724. The van der Waals surface area contributed by atoms with E-state index in [2.05, 4.69) is 0 Å². The molecule has 0 unspecified atom stereocenters. The van der Waals surface area contributed by atoms with E-state index in [0.29, 0.717) is 37.6 Å². The number of rotatable bonds is 3. The van der Waals surface area contributed by atoms with Crippen molar-refractivity contribution in [3.8, 4) is 5.75 Å². The second-order valence-electron chi connectivity index (χ2n) is 6.95. The molecular formula is C21H18Cl2N2O2S. The first kappa shape index (κ1) is 19.4. The highest BCUT2D eigenvalue weighted by molar-refractivity contribution is 7.82. The van der Waals surface area contributed by atoms with Gasteiger partial charge in [0.25, 0.3) is 5.91 Å². The van der Waals surface area contributed by atoms with Crippen molar-refractivity contribution in [1.29, 1.82) is 0 Å². The summed E-state index contributed by atoms with van der Waals surface area (Å²) in [4.78, 5) is 20.4. The van der Waals surface area contributed by atoms with Gasteiger partial charge in [-0.05, 0) is 68.1 Å². The van der Waals surface area contributed by atoms with Gasteiger partial charge in [-0.2, -0.15) is 0 Å². The Morgan fingerprint density at radius 1 is 1.14 bits per heavy atom. The minimum absolute atomic E-state index is 0.154. The first-order valence-corrected chi connectivity index (χ1v) is 10.2.